The number of nitrogens with one attached hydrogen (secondary N) is 3. The van der Waals surface area contributed by atoms with Gasteiger partial charge in [0.25, 0.3) is 0 Å². The van der Waals surface area contributed by atoms with Crippen LogP contribution in [0, 0.1) is 19.7 Å². The van der Waals surface area contributed by atoms with Crippen LogP contribution in [0.3, 0.4) is 0 Å². The second-order valence-electron chi connectivity index (χ2n) is 9.24. The van der Waals surface area contributed by atoms with Crippen molar-refractivity contribution < 1.29 is 4.39 Å². The molecule has 34 heavy (non-hydrogen) atoms. The molecular weight excluding hydrogens is 433 g/mol. The van der Waals surface area contributed by atoms with Crippen LogP contribution < -0.4 is 20.9 Å². The van der Waals surface area contributed by atoms with Crippen molar-refractivity contribution in [1.82, 2.24) is 30.0 Å². The molecule has 4 heterocycles. The van der Waals surface area contributed by atoms with E-state index >= 15 is 0 Å². The molecule has 5 rings (SSSR count). The maximum atomic E-state index is 14.5. The number of rotatable bonds is 7. The summed E-state index contributed by atoms with van der Waals surface area (Å²) < 4.78 is 16.5. The molecule has 1 saturated carbocycles. The molecule has 1 aliphatic heterocycles. The predicted molar refractivity (Wildman–Crippen MR) is 132 cm³/mol. The number of hydrogen-bond acceptors (Lipinski definition) is 8. The van der Waals surface area contributed by atoms with Crippen LogP contribution in [0.1, 0.15) is 49.6 Å². The first-order chi connectivity index (χ1) is 16.4. The van der Waals surface area contributed by atoms with Gasteiger partial charge in [0.15, 0.2) is 11.6 Å². The Labute approximate surface area is 199 Å². The van der Waals surface area contributed by atoms with Gasteiger partial charge in [-0.15, -0.1) is 0 Å². The smallest absolute Gasteiger partial charge is 0.230 e. The Morgan fingerprint density at radius 3 is 2.68 bits per heavy atom. The number of piperazine rings is 1. The van der Waals surface area contributed by atoms with Gasteiger partial charge in [-0.05, 0) is 58.1 Å². The molecule has 0 radical (unpaired) electrons. The minimum absolute atomic E-state index is 0.207. The molecule has 0 bridgehead atoms. The second kappa shape index (κ2) is 9.17. The Balaban J connectivity index is 1.47. The molecule has 3 N–H and O–H groups in total. The Morgan fingerprint density at radius 2 is 1.97 bits per heavy atom. The first-order valence-corrected chi connectivity index (χ1v) is 12.0. The first-order valence-electron chi connectivity index (χ1n) is 12.0. The molecule has 3 aromatic heterocycles. The fourth-order valence-electron chi connectivity index (χ4n) is 4.47. The van der Waals surface area contributed by atoms with Crippen molar-refractivity contribution in [3.63, 3.8) is 0 Å². The molecule has 1 atom stereocenters. The van der Waals surface area contributed by atoms with Crippen molar-refractivity contribution in [3.05, 3.63) is 41.1 Å². The third-order valence-electron chi connectivity index (χ3n) is 6.41. The molecule has 2 fully saturated rings. The molecule has 10 heteroatoms. The zero-order valence-electron chi connectivity index (χ0n) is 20.2. The highest BCUT2D eigenvalue weighted by molar-refractivity contribution is 5.72. The SMILES string of the molecule is CCn1nc(Nc2nc(Nc3cc(C4CC4)c(F)c(C)n3)ncc2N2CCNC(C)C2)cc1C. The second-order valence-corrected chi connectivity index (χ2v) is 9.24. The fraction of sp³-hybridized carbons (Fsp3) is 0.500. The van der Waals surface area contributed by atoms with Crippen molar-refractivity contribution in [2.24, 2.45) is 0 Å². The van der Waals surface area contributed by atoms with Crippen molar-refractivity contribution in [3.8, 4) is 0 Å². The first kappa shape index (κ1) is 22.5. The van der Waals surface area contributed by atoms with E-state index in [4.69, 9.17) is 4.98 Å². The van der Waals surface area contributed by atoms with Crippen LogP contribution in [0.25, 0.3) is 0 Å². The Kier molecular flexibility index (Phi) is 6.07. The lowest BCUT2D eigenvalue weighted by molar-refractivity contribution is 0.484. The average molecular weight is 466 g/mol. The Hall–Kier alpha value is -3.27. The molecule has 9 nitrogen and oxygen atoms in total. The van der Waals surface area contributed by atoms with Gasteiger partial charge in [-0.25, -0.2) is 14.4 Å². The molecule has 0 amide bonds. The molecular formula is C24H32FN9. The average Bonchev–Trinajstić information content (AvgIpc) is 3.59. The Morgan fingerprint density at radius 1 is 1.15 bits per heavy atom. The minimum Gasteiger partial charge on any atom is -0.364 e. The molecule has 1 unspecified atom stereocenters. The lowest BCUT2D eigenvalue weighted by Crippen LogP contribution is -2.49. The topological polar surface area (TPSA) is 95.8 Å². The van der Waals surface area contributed by atoms with E-state index in [9.17, 15) is 4.39 Å². The number of aryl methyl sites for hydroxylation is 3. The highest BCUT2D eigenvalue weighted by atomic mass is 19.1. The van der Waals surface area contributed by atoms with Crippen LogP contribution in [-0.4, -0.2) is 50.4 Å². The van der Waals surface area contributed by atoms with Crippen molar-refractivity contribution in [2.45, 2.75) is 59.0 Å². The standard InChI is InChI=1S/C24H32FN9/c1-5-34-15(3)10-21(32-34)29-23-19(33-9-8-26-14(2)13-33)12-27-24(31-23)30-20-11-18(17-6-7-17)22(25)16(4)28-20/h10-12,14,17,26H,5-9,13H2,1-4H3,(H2,27,28,29,30,31,32). The summed E-state index contributed by atoms with van der Waals surface area (Å²) in [4.78, 5) is 16.0. The molecule has 0 spiro atoms. The van der Waals surface area contributed by atoms with E-state index in [2.05, 4.69) is 49.8 Å². The Bertz CT molecular complexity index is 1190. The molecule has 0 aromatic carbocycles. The number of halogens is 1. The number of hydrogen-bond donors (Lipinski definition) is 3. The van der Waals surface area contributed by atoms with E-state index in [1.54, 1.807) is 13.0 Å². The predicted octanol–water partition coefficient (Wildman–Crippen LogP) is 4.01. The zero-order chi connectivity index (χ0) is 23.8. The summed E-state index contributed by atoms with van der Waals surface area (Å²) in [6.45, 7) is 11.4. The van der Waals surface area contributed by atoms with Crippen LogP contribution in [0.15, 0.2) is 18.3 Å². The number of nitrogens with zero attached hydrogens (tertiary/aromatic N) is 6. The van der Waals surface area contributed by atoms with Gasteiger partial charge in [0.05, 0.1) is 17.6 Å². The third kappa shape index (κ3) is 4.68. The molecule has 2 aliphatic rings. The van der Waals surface area contributed by atoms with Crippen molar-refractivity contribution in [2.75, 3.05) is 35.2 Å². The molecule has 1 saturated heterocycles. The molecule has 180 valence electrons. The fourth-order valence-corrected chi connectivity index (χ4v) is 4.47. The van der Waals surface area contributed by atoms with Gasteiger partial charge in [0.2, 0.25) is 5.95 Å². The van der Waals surface area contributed by atoms with E-state index in [1.807, 2.05) is 23.9 Å². The van der Waals surface area contributed by atoms with Gasteiger partial charge in [-0.3, -0.25) is 4.68 Å². The summed E-state index contributed by atoms with van der Waals surface area (Å²) in [6.07, 6.45) is 3.87. The largest absolute Gasteiger partial charge is 0.364 e. The van der Waals surface area contributed by atoms with Crippen LogP contribution in [0.4, 0.5) is 33.5 Å². The van der Waals surface area contributed by atoms with Crippen LogP contribution >= 0.6 is 0 Å². The minimum atomic E-state index is -0.207. The summed E-state index contributed by atoms with van der Waals surface area (Å²) in [7, 11) is 0. The van der Waals surface area contributed by atoms with Crippen LogP contribution in [-0.2, 0) is 6.54 Å². The van der Waals surface area contributed by atoms with Crippen LogP contribution in [0.2, 0.25) is 0 Å². The van der Waals surface area contributed by atoms with Crippen molar-refractivity contribution in [1.29, 1.82) is 0 Å². The maximum absolute atomic E-state index is 14.5. The summed E-state index contributed by atoms with van der Waals surface area (Å²) in [6, 6.07) is 4.16. The van der Waals surface area contributed by atoms with Gasteiger partial charge in [0, 0.05) is 44.0 Å². The molecule has 1 aliphatic carbocycles. The lowest BCUT2D eigenvalue weighted by atomic mass is 10.1. The van der Waals surface area contributed by atoms with E-state index in [0.29, 0.717) is 29.3 Å². The summed E-state index contributed by atoms with van der Waals surface area (Å²) in [5, 5.41) is 14.7. The number of pyridine rings is 1. The highest BCUT2D eigenvalue weighted by Gasteiger charge is 2.28. The zero-order valence-corrected chi connectivity index (χ0v) is 20.2. The summed E-state index contributed by atoms with van der Waals surface area (Å²) in [5.74, 6) is 2.45. The molecule has 3 aromatic rings. The van der Waals surface area contributed by atoms with Gasteiger partial charge in [-0.2, -0.15) is 10.1 Å². The van der Waals surface area contributed by atoms with Gasteiger partial charge >= 0.3 is 0 Å². The maximum Gasteiger partial charge on any atom is 0.230 e. The summed E-state index contributed by atoms with van der Waals surface area (Å²) in [5.41, 5.74) is 3.11. The van der Waals surface area contributed by atoms with Gasteiger partial charge < -0.3 is 20.9 Å². The van der Waals surface area contributed by atoms with Crippen molar-refractivity contribution >= 4 is 29.1 Å². The highest BCUT2D eigenvalue weighted by Crippen LogP contribution is 2.42. The van der Waals surface area contributed by atoms with Gasteiger partial charge in [-0.1, -0.05) is 0 Å². The summed E-state index contributed by atoms with van der Waals surface area (Å²) >= 11 is 0. The third-order valence-corrected chi connectivity index (χ3v) is 6.41. The number of anilines is 5. The normalized spacial score (nSPS) is 18.3. The van der Waals surface area contributed by atoms with Crippen LogP contribution in [0.5, 0.6) is 0 Å². The van der Waals surface area contributed by atoms with Gasteiger partial charge in [0.1, 0.15) is 11.6 Å². The number of aromatic nitrogens is 5. The van der Waals surface area contributed by atoms with E-state index < -0.39 is 0 Å². The lowest BCUT2D eigenvalue weighted by Gasteiger charge is -2.34. The quantitative estimate of drug-likeness (QED) is 0.482. The van der Waals surface area contributed by atoms with E-state index in [1.165, 1.54) is 0 Å². The van der Waals surface area contributed by atoms with E-state index in [-0.39, 0.29) is 11.7 Å². The van der Waals surface area contributed by atoms with E-state index in [0.717, 1.165) is 61.8 Å². The monoisotopic (exact) mass is 465 g/mol.